The Morgan fingerprint density at radius 1 is 1.15 bits per heavy atom. The highest BCUT2D eigenvalue weighted by molar-refractivity contribution is 6.30. The van der Waals surface area contributed by atoms with Crippen molar-refractivity contribution >= 4 is 28.3 Å². The van der Waals surface area contributed by atoms with Gasteiger partial charge in [-0.15, -0.1) is 0 Å². The summed E-state index contributed by atoms with van der Waals surface area (Å²) >= 11 is 5.73. The third-order valence-corrected chi connectivity index (χ3v) is 3.32. The molecule has 0 spiro atoms. The minimum atomic E-state index is -0.419. The molecule has 1 heterocycles. The number of fused-ring (bicyclic) bond motifs is 1. The molecule has 1 aromatic heterocycles. The van der Waals surface area contributed by atoms with Crippen molar-refractivity contribution < 1.29 is 4.39 Å². The Labute approximate surface area is 118 Å². The van der Waals surface area contributed by atoms with Gasteiger partial charge < -0.3 is 15.3 Å². The van der Waals surface area contributed by atoms with Gasteiger partial charge in [0.1, 0.15) is 5.82 Å². The number of H-pyrrole nitrogens is 2. The van der Waals surface area contributed by atoms with Gasteiger partial charge in [0.2, 0.25) is 0 Å². The highest BCUT2D eigenvalue weighted by Crippen LogP contribution is 2.20. The van der Waals surface area contributed by atoms with E-state index >= 15 is 0 Å². The summed E-state index contributed by atoms with van der Waals surface area (Å²) in [5, 5.41) is 3.20. The quantitative estimate of drug-likeness (QED) is 0.693. The third kappa shape index (κ3) is 2.40. The molecule has 0 bridgehead atoms. The lowest BCUT2D eigenvalue weighted by molar-refractivity contribution is 0.613. The average molecular weight is 292 g/mol. The molecule has 3 N–H and O–H groups in total. The van der Waals surface area contributed by atoms with Gasteiger partial charge in [0.25, 0.3) is 0 Å². The van der Waals surface area contributed by atoms with Gasteiger partial charge in [-0.3, -0.25) is 0 Å². The van der Waals surface area contributed by atoms with Crippen LogP contribution in [-0.4, -0.2) is 9.97 Å². The molecule has 0 radical (unpaired) electrons. The summed E-state index contributed by atoms with van der Waals surface area (Å²) < 4.78 is 13.7. The Kier molecular flexibility index (Phi) is 3.20. The van der Waals surface area contributed by atoms with Gasteiger partial charge in [0.15, 0.2) is 0 Å². The van der Waals surface area contributed by atoms with E-state index in [0.29, 0.717) is 17.6 Å². The van der Waals surface area contributed by atoms with E-state index in [-0.39, 0.29) is 10.7 Å². The van der Waals surface area contributed by atoms with Crippen molar-refractivity contribution in [1.29, 1.82) is 0 Å². The molecule has 0 aliphatic carbocycles. The number of anilines is 1. The molecule has 3 rings (SSSR count). The topological polar surface area (TPSA) is 60.7 Å². The Hall–Kier alpha value is -2.27. The number of aromatic amines is 2. The Morgan fingerprint density at radius 2 is 1.95 bits per heavy atom. The molecule has 6 heteroatoms. The lowest BCUT2D eigenvalue weighted by atomic mass is 10.2. The molecule has 0 amide bonds. The predicted molar refractivity (Wildman–Crippen MR) is 77.7 cm³/mol. The molecule has 0 fully saturated rings. The summed E-state index contributed by atoms with van der Waals surface area (Å²) in [6, 6.07) is 10.3. The molecule has 0 saturated heterocycles. The van der Waals surface area contributed by atoms with Crippen LogP contribution in [-0.2, 0) is 6.54 Å². The second-order valence-corrected chi connectivity index (χ2v) is 4.81. The van der Waals surface area contributed by atoms with E-state index in [2.05, 4.69) is 15.3 Å². The molecule has 20 heavy (non-hydrogen) atoms. The van der Waals surface area contributed by atoms with E-state index < -0.39 is 5.82 Å². The molecule has 0 aliphatic heterocycles. The second kappa shape index (κ2) is 5.02. The standard InChI is InChI=1S/C14H11ClFN3O/c15-10-3-1-2-8(13(10)16)7-17-9-4-5-11-12(6-9)19-14(20)18-11/h1-6,17H,7H2,(H2,18,19,20). The van der Waals surface area contributed by atoms with Gasteiger partial charge in [0, 0.05) is 17.8 Å². The van der Waals surface area contributed by atoms with E-state index in [1.165, 1.54) is 6.07 Å². The van der Waals surface area contributed by atoms with Crippen molar-refractivity contribution in [1.82, 2.24) is 9.97 Å². The van der Waals surface area contributed by atoms with Crippen LogP contribution in [0.4, 0.5) is 10.1 Å². The molecule has 0 atom stereocenters. The molecule has 2 aromatic carbocycles. The number of benzene rings is 2. The summed E-state index contributed by atoms with van der Waals surface area (Å²) in [5.74, 6) is -0.419. The third-order valence-electron chi connectivity index (χ3n) is 3.03. The van der Waals surface area contributed by atoms with Gasteiger partial charge in [-0.05, 0) is 24.3 Å². The molecule has 3 aromatic rings. The number of hydrogen-bond donors (Lipinski definition) is 3. The number of halogens is 2. The van der Waals surface area contributed by atoms with Crippen LogP contribution in [0.25, 0.3) is 11.0 Å². The Balaban J connectivity index is 1.82. The number of nitrogens with one attached hydrogen (secondary N) is 3. The number of imidazole rings is 1. The van der Waals surface area contributed by atoms with Crippen LogP contribution in [0.5, 0.6) is 0 Å². The van der Waals surface area contributed by atoms with E-state index in [4.69, 9.17) is 11.6 Å². The normalized spacial score (nSPS) is 10.9. The summed E-state index contributed by atoms with van der Waals surface area (Å²) in [6.07, 6.45) is 0. The van der Waals surface area contributed by atoms with E-state index in [0.717, 1.165) is 11.2 Å². The SMILES string of the molecule is O=c1[nH]c2ccc(NCc3cccc(Cl)c3F)cc2[nH]1. The number of hydrogen-bond acceptors (Lipinski definition) is 2. The van der Waals surface area contributed by atoms with Crippen LogP contribution in [0.1, 0.15) is 5.56 Å². The van der Waals surface area contributed by atoms with Crippen molar-refractivity contribution in [3.63, 3.8) is 0 Å². The number of rotatable bonds is 3. The lowest BCUT2D eigenvalue weighted by Gasteiger charge is -2.08. The zero-order chi connectivity index (χ0) is 14.1. The minimum absolute atomic E-state index is 0.106. The number of aromatic nitrogens is 2. The molecule has 0 saturated carbocycles. The Bertz CT molecular complexity index is 825. The smallest absolute Gasteiger partial charge is 0.323 e. The van der Waals surface area contributed by atoms with E-state index in [1.54, 1.807) is 24.3 Å². The Morgan fingerprint density at radius 3 is 2.80 bits per heavy atom. The summed E-state index contributed by atoms with van der Waals surface area (Å²) in [4.78, 5) is 16.5. The fourth-order valence-corrected chi connectivity index (χ4v) is 2.22. The molecule has 0 aliphatic rings. The highest BCUT2D eigenvalue weighted by Gasteiger charge is 2.06. The fraction of sp³-hybridized carbons (Fsp3) is 0.0714. The van der Waals surface area contributed by atoms with Crippen molar-refractivity contribution in [3.05, 3.63) is 63.3 Å². The molecule has 0 unspecified atom stereocenters. The van der Waals surface area contributed by atoms with Gasteiger partial charge in [-0.2, -0.15) is 0 Å². The van der Waals surface area contributed by atoms with Gasteiger partial charge in [-0.25, -0.2) is 9.18 Å². The second-order valence-electron chi connectivity index (χ2n) is 4.41. The van der Waals surface area contributed by atoms with Gasteiger partial charge in [0.05, 0.1) is 16.1 Å². The molecule has 4 nitrogen and oxygen atoms in total. The average Bonchev–Trinajstić information content (AvgIpc) is 2.79. The van der Waals surface area contributed by atoms with Crippen LogP contribution in [0.3, 0.4) is 0 Å². The van der Waals surface area contributed by atoms with Crippen LogP contribution in [0.15, 0.2) is 41.2 Å². The van der Waals surface area contributed by atoms with E-state index in [9.17, 15) is 9.18 Å². The van der Waals surface area contributed by atoms with Crippen molar-refractivity contribution in [2.45, 2.75) is 6.54 Å². The predicted octanol–water partition coefficient (Wildman–Crippen LogP) is 3.26. The molecule has 102 valence electrons. The zero-order valence-corrected chi connectivity index (χ0v) is 11.1. The molecular weight excluding hydrogens is 281 g/mol. The first kappa shape index (κ1) is 12.7. The van der Waals surface area contributed by atoms with Gasteiger partial charge in [-0.1, -0.05) is 23.7 Å². The zero-order valence-electron chi connectivity index (χ0n) is 10.3. The van der Waals surface area contributed by atoms with Crippen LogP contribution < -0.4 is 11.0 Å². The monoisotopic (exact) mass is 291 g/mol. The maximum Gasteiger partial charge on any atom is 0.323 e. The maximum atomic E-state index is 13.7. The molecular formula is C14H11ClFN3O. The van der Waals surface area contributed by atoms with Crippen molar-refractivity contribution in [2.75, 3.05) is 5.32 Å². The fourth-order valence-electron chi connectivity index (χ4n) is 2.02. The summed E-state index contributed by atoms with van der Waals surface area (Å²) in [6.45, 7) is 0.312. The lowest BCUT2D eigenvalue weighted by Crippen LogP contribution is -2.02. The van der Waals surface area contributed by atoms with Crippen LogP contribution >= 0.6 is 11.6 Å². The first-order chi connectivity index (χ1) is 9.63. The maximum absolute atomic E-state index is 13.7. The van der Waals surface area contributed by atoms with Crippen LogP contribution in [0.2, 0.25) is 5.02 Å². The summed E-state index contributed by atoms with van der Waals surface area (Å²) in [7, 11) is 0. The largest absolute Gasteiger partial charge is 0.381 e. The minimum Gasteiger partial charge on any atom is -0.381 e. The first-order valence-electron chi connectivity index (χ1n) is 6.02. The van der Waals surface area contributed by atoms with Crippen molar-refractivity contribution in [3.8, 4) is 0 Å². The first-order valence-corrected chi connectivity index (χ1v) is 6.40. The van der Waals surface area contributed by atoms with Crippen molar-refractivity contribution in [2.24, 2.45) is 0 Å². The van der Waals surface area contributed by atoms with Gasteiger partial charge >= 0.3 is 5.69 Å². The van der Waals surface area contributed by atoms with Crippen LogP contribution in [0, 0.1) is 5.82 Å². The van der Waals surface area contributed by atoms with E-state index in [1.807, 2.05) is 6.07 Å². The highest BCUT2D eigenvalue weighted by atomic mass is 35.5. The summed E-state index contributed by atoms with van der Waals surface area (Å²) in [5.41, 5.74) is 2.45.